The van der Waals surface area contributed by atoms with E-state index in [0.29, 0.717) is 24.6 Å². The Hall–Kier alpha value is -2.05. The molecule has 1 saturated heterocycles. The van der Waals surface area contributed by atoms with Crippen molar-refractivity contribution in [1.29, 1.82) is 0 Å². The largest absolute Gasteiger partial charge is 0.486 e. The topological polar surface area (TPSA) is 64.8 Å². The Kier molecular flexibility index (Phi) is 6.39. The minimum Gasteiger partial charge on any atom is -0.486 e. The molecule has 0 bridgehead atoms. The second-order valence-corrected chi connectivity index (χ2v) is 7.19. The van der Waals surface area contributed by atoms with Crippen LogP contribution in [0.15, 0.2) is 22.7 Å². The Morgan fingerprint density at radius 3 is 2.70 bits per heavy atom. The number of aromatic nitrogens is 1. The van der Waals surface area contributed by atoms with Crippen LogP contribution in [-0.4, -0.2) is 41.8 Å². The van der Waals surface area contributed by atoms with Crippen LogP contribution < -0.4 is 4.74 Å². The van der Waals surface area contributed by atoms with E-state index in [1.54, 1.807) is 11.0 Å². The highest BCUT2D eigenvalue weighted by atomic mass is 35.5. The zero-order valence-electron chi connectivity index (χ0n) is 16.0. The molecule has 2 heterocycles. The van der Waals surface area contributed by atoms with Crippen LogP contribution in [0.2, 0.25) is 5.02 Å². The van der Waals surface area contributed by atoms with Gasteiger partial charge < -0.3 is 18.9 Å². The Morgan fingerprint density at radius 2 is 2.07 bits per heavy atom. The number of hydrogen-bond acceptors (Lipinski definition) is 5. The highest BCUT2D eigenvalue weighted by Crippen LogP contribution is 2.26. The molecule has 2 aromatic rings. The van der Waals surface area contributed by atoms with Crippen molar-refractivity contribution in [3.05, 3.63) is 45.8 Å². The van der Waals surface area contributed by atoms with E-state index in [2.05, 4.69) is 5.16 Å². The zero-order chi connectivity index (χ0) is 19.4. The van der Waals surface area contributed by atoms with Gasteiger partial charge in [0.15, 0.2) is 11.5 Å². The number of carbonyl (C=O) groups is 1. The standard InChI is InChI=1S/C20H25ClN2O4/c1-4-23(11-15-6-5-7-25-15)20(24)18-10-17(27-22-18)12-26-16-8-13(2)19(21)14(3)9-16/h8-10,15H,4-7,11-12H2,1-3H3/t15-/m1/s1. The number of halogens is 1. The maximum atomic E-state index is 12.7. The molecule has 1 amide bonds. The lowest BCUT2D eigenvalue weighted by molar-refractivity contribution is 0.0531. The first kappa shape index (κ1) is 19.7. The fourth-order valence-corrected chi connectivity index (χ4v) is 3.29. The molecule has 1 aromatic heterocycles. The third-order valence-corrected chi connectivity index (χ3v) is 5.28. The van der Waals surface area contributed by atoms with Crippen LogP contribution in [0.25, 0.3) is 0 Å². The van der Waals surface area contributed by atoms with Crippen molar-refractivity contribution in [2.75, 3.05) is 19.7 Å². The molecule has 0 spiro atoms. The van der Waals surface area contributed by atoms with Crippen molar-refractivity contribution in [3.8, 4) is 5.75 Å². The van der Waals surface area contributed by atoms with Crippen molar-refractivity contribution in [2.45, 2.75) is 46.3 Å². The summed E-state index contributed by atoms with van der Waals surface area (Å²) in [6.07, 6.45) is 2.15. The molecule has 27 heavy (non-hydrogen) atoms. The molecule has 6 nitrogen and oxygen atoms in total. The molecule has 0 radical (unpaired) electrons. The van der Waals surface area contributed by atoms with Gasteiger partial charge in [0.05, 0.1) is 6.10 Å². The van der Waals surface area contributed by atoms with Crippen LogP contribution >= 0.6 is 11.6 Å². The average Bonchev–Trinajstić information content (AvgIpc) is 3.33. The van der Waals surface area contributed by atoms with Crippen molar-refractivity contribution >= 4 is 17.5 Å². The number of rotatable bonds is 7. The summed E-state index contributed by atoms with van der Waals surface area (Å²) in [6, 6.07) is 5.38. The van der Waals surface area contributed by atoms with E-state index >= 15 is 0 Å². The highest BCUT2D eigenvalue weighted by molar-refractivity contribution is 6.32. The van der Waals surface area contributed by atoms with E-state index in [0.717, 1.165) is 35.6 Å². The predicted octanol–water partition coefficient (Wildman–Crippen LogP) is 4.16. The molecule has 0 unspecified atom stereocenters. The highest BCUT2D eigenvalue weighted by Gasteiger charge is 2.24. The summed E-state index contributed by atoms with van der Waals surface area (Å²) in [4.78, 5) is 14.4. The van der Waals surface area contributed by atoms with Crippen LogP contribution in [0, 0.1) is 13.8 Å². The summed E-state index contributed by atoms with van der Waals surface area (Å²) in [6.45, 7) is 7.95. The second kappa shape index (κ2) is 8.76. The lowest BCUT2D eigenvalue weighted by atomic mass is 10.1. The summed E-state index contributed by atoms with van der Waals surface area (Å²) < 4.78 is 16.7. The molecular weight excluding hydrogens is 368 g/mol. The van der Waals surface area contributed by atoms with Crippen LogP contribution in [0.4, 0.5) is 0 Å². The Balaban J connectivity index is 1.61. The monoisotopic (exact) mass is 392 g/mol. The fourth-order valence-electron chi connectivity index (χ4n) is 3.18. The number of ether oxygens (including phenoxy) is 2. The van der Waals surface area contributed by atoms with Crippen LogP contribution in [0.1, 0.15) is 47.1 Å². The van der Waals surface area contributed by atoms with Gasteiger partial charge in [0, 0.05) is 30.8 Å². The Labute approximate surface area is 164 Å². The van der Waals surface area contributed by atoms with E-state index in [4.69, 9.17) is 25.6 Å². The Morgan fingerprint density at radius 1 is 1.33 bits per heavy atom. The molecule has 3 rings (SSSR count). The first-order chi connectivity index (χ1) is 13.0. The van der Waals surface area contributed by atoms with Crippen LogP contribution in [0.3, 0.4) is 0 Å². The molecule has 0 saturated carbocycles. The van der Waals surface area contributed by atoms with Crippen molar-refractivity contribution in [2.24, 2.45) is 0 Å². The first-order valence-corrected chi connectivity index (χ1v) is 9.61. The molecule has 0 aliphatic carbocycles. The van der Waals surface area contributed by atoms with Crippen molar-refractivity contribution < 1.29 is 18.8 Å². The molecule has 1 atom stereocenters. The number of aryl methyl sites for hydroxylation is 2. The summed E-state index contributed by atoms with van der Waals surface area (Å²) in [5, 5.41) is 4.65. The Bertz CT molecular complexity index is 776. The van der Waals surface area contributed by atoms with Gasteiger partial charge >= 0.3 is 0 Å². The number of amides is 1. The molecule has 1 aliphatic rings. The molecule has 1 fully saturated rings. The minimum atomic E-state index is -0.152. The average molecular weight is 393 g/mol. The maximum Gasteiger partial charge on any atom is 0.276 e. The number of carbonyl (C=O) groups excluding carboxylic acids is 1. The molecular formula is C20H25ClN2O4. The summed E-state index contributed by atoms with van der Waals surface area (Å²) >= 11 is 6.17. The summed E-state index contributed by atoms with van der Waals surface area (Å²) in [7, 11) is 0. The maximum absolute atomic E-state index is 12.7. The number of nitrogens with zero attached hydrogens (tertiary/aromatic N) is 2. The predicted molar refractivity (Wildman–Crippen MR) is 102 cm³/mol. The van der Waals surface area contributed by atoms with Gasteiger partial charge in [-0.15, -0.1) is 0 Å². The van der Waals surface area contributed by atoms with E-state index in [1.165, 1.54) is 0 Å². The van der Waals surface area contributed by atoms with E-state index < -0.39 is 0 Å². The number of benzene rings is 1. The smallest absolute Gasteiger partial charge is 0.276 e. The van der Waals surface area contributed by atoms with E-state index in [1.807, 2.05) is 32.9 Å². The molecule has 7 heteroatoms. The lowest BCUT2D eigenvalue weighted by Gasteiger charge is -2.22. The minimum absolute atomic E-state index is 0.111. The second-order valence-electron chi connectivity index (χ2n) is 6.82. The van der Waals surface area contributed by atoms with Gasteiger partial charge in [-0.25, -0.2) is 0 Å². The number of hydrogen-bond donors (Lipinski definition) is 0. The summed E-state index contributed by atoms with van der Waals surface area (Å²) in [5.74, 6) is 1.05. The van der Waals surface area contributed by atoms with Gasteiger partial charge in [-0.2, -0.15) is 0 Å². The number of likely N-dealkylation sites (N-methyl/N-ethyl adjacent to an activating group) is 1. The van der Waals surface area contributed by atoms with E-state index in [-0.39, 0.29) is 24.3 Å². The van der Waals surface area contributed by atoms with Gasteiger partial charge in [0.25, 0.3) is 5.91 Å². The van der Waals surface area contributed by atoms with Gasteiger partial charge in [-0.1, -0.05) is 16.8 Å². The fraction of sp³-hybridized carbons (Fsp3) is 0.500. The van der Waals surface area contributed by atoms with Gasteiger partial charge in [-0.05, 0) is 56.9 Å². The quantitative estimate of drug-likeness (QED) is 0.707. The lowest BCUT2D eigenvalue weighted by Crippen LogP contribution is -2.37. The third kappa shape index (κ3) is 4.82. The van der Waals surface area contributed by atoms with Crippen molar-refractivity contribution in [1.82, 2.24) is 10.1 Å². The molecule has 0 N–H and O–H groups in total. The van der Waals surface area contributed by atoms with E-state index in [9.17, 15) is 4.79 Å². The molecule has 146 valence electrons. The van der Waals surface area contributed by atoms with Crippen LogP contribution in [0.5, 0.6) is 5.75 Å². The normalized spacial score (nSPS) is 16.5. The van der Waals surface area contributed by atoms with Gasteiger partial charge in [-0.3, -0.25) is 4.79 Å². The summed E-state index contributed by atoms with van der Waals surface area (Å²) in [5.41, 5.74) is 2.19. The van der Waals surface area contributed by atoms with Crippen LogP contribution in [-0.2, 0) is 11.3 Å². The first-order valence-electron chi connectivity index (χ1n) is 9.24. The third-order valence-electron chi connectivity index (χ3n) is 4.69. The molecule has 1 aliphatic heterocycles. The van der Waals surface area contributed by atoms with Gasteiger partial charge in [0.1, 0.15) is 12.4 Å². The zero-order valence-corrected chi connectivity index (χ0v) is 16.7. The SMILES string of the molecule is CCN(C[C@H]1CCCO1)C(=O)c1cc(COc2cc(C)c(Cl)c(C)c2)on1. The van der Waals surface area contributed by atoms with Gasteiger partial charge in [0.2, 0.25) is 0 Å². The molecule has 1 aromatic carbocycles. The van der Waals surface area contributed by atoms with Crippen molar-refractivity contribution in [3.63, 3.8) is 0 Å².